The Labute approximate surface area is 122 Å². The van der Waals surface area contributed by atoms with E-state index in [2.05, 4.69) is 13.0 Å². The summed E-state index contributed by atoms with van der Waals surface area (Å²) in [6, 6.07) is 21.4. The lowest BCUT2D eigenvalue weighted by molar-refractivity contribution is 0.635. The molecule has 3 aromatic carbocycles. The van der Waals surface area contributed by atoms with Gasteiger partial charge in [0, 0.05) is 16.5 Å². The van der Waals surface area contributed by atoms with Crippen LogP contribution in [0.4, 0.5) is 4.39 Å². The van der Waals surface area contributed by atoms with Crippen LogP contribution in [-0.2, 0) is 0 Å². The molecule has 0 aliphatic rings. The zero-order valence-corrected chi connectivity index (χ0v) is 11.7. The van der Waals surface area contributed by atoms with Crippen LogP contribution >= 0.6 is 0 Å². The average Bonchev–Trinajstić information content (AvgIpc) is 2.84. The van der Waals surface area contributed by atoms with E-state index in [1.165, 1.54) is 6.07 Å². The first-order valence-corrected chi connectivity index (χ1v) is 7.01. The second-order valence-electron chi connectivity index (χ2n) is 5.28. The summed E-state index contributed by atoms with van der Waals surface area (Å²) < 4.78 is 16.5. The topological polar surface area (TPSA) is 4.93 Å². The van der Waals surface area contributed by atoms with Gasteiger partial charge in [-0.2, -0.15) is 0 Å². The van der Waals surface area contributed by atoms with Gasteiger partial charge in [-0.3, -0.25) is 0 Å². The lowest BCUT2D eigenvalue weighted by Crippen LogP contribution is -1.97. The predicted molar refractivity (Wildman–Crippen MR) is 85.5 cm³/mol. The van der Waals surface area contributed by atoms with Crippen molar-refractivity contribution in [1.82, 2.24) is 4.57 Å². The van der Waals surface area contributed by atoms with Crippen LogP contribution in [0.25, 0.3) is 27.5 Å². The summed E-state index contributed by atoms with van der Waals surface area (Å²) >= 11 is 0. The standard InChI is InChI=1S/C19H14FN/c1-13-7-2-4-11-17(13)21-18-12-5-3-8-14(18)15-9-6-10-16(20)19(15)21/h2-12H,1H3. The summed E-state index contributed by atoms with van der Waals surface area (Å²) in [5.41, 5.74) is 3.83. The Hall–Kier alpha value is -2.61. The third kappa shape index (κ3) is 1.69. The van der Waals surface area contributed by atoms with Gasteiger partial charge >= 0.3 is 0 Å². The minimum Gasteiger partial charge on any atom is -0.306 e. The fourth-order valence-corrected chi connectivity index (χ4v) is 3.04. The van der Waals surface area contributed by atoms with E-state index in [0.717, 1.165) is 27.5 Å². The number of rotatable bonds is 1. The molecule has 1 heterocycles. The molecule has 102 valence electrons. The van der Waals surface area contributed by atoms with Gasteiger partial charge in [-0.15, -0.1) is 0 Å². The molecular weight excluding hydrogens is 261 g/mol. The molecule has 0 N–H and O–H groups in total. The van der Waals surface area contributed by atoms with Crippen molar-refractivity contribution < 1.29 is 4.39 Å². The van der Waals surface area contributed by atoms with E-state index in [4.69, 9.17) is 0 Å². The lowest BCUT2D eigenvalue weighted by atomic mass is 10.1. The molecule has 0 atom stereocenters. The van der Waals surface area contributed by atoms with Gasteiger partial charge in [0.25, 0.3) is 0 Å². The molecule has 0 saturated heterocycles. The molecule has 0 aliphatic heterocycles. The fourth-order valence-electron chi connectivity index (χ4n) is 3.04. The van der Waals surface area contributed by atoms with Crippen molar-refractivity contribution in [2.24, 2.45) is 0 Å². The Morgan fingerprint density at radius 2 is 1.48 bits per heavy atom. The van der Waals surface area contributed by atoms with Crippen molar-refractivity contribution in [2.45, 2.75) is 6.92 Å². The molecule has 4 aromatic rings. The van der Waals surface area contributed by atoms with Crippen LogP contribution in [0.2, 0.25) is 0 Å². The maximum Gasteiger partial charge on any atom is 0.147 e. The van der Waals surface area contributed by atoms with Crippen LogP contribution < -0.4 is 0 Å². The molecule has 0 spiro atoms. The Balaban J connectivity index is 2.28. The number of hydrogen-bond donors (Lipinski definition) is 0. The monoisotopic (exact) mass is 275 g/mol. The molecule has 1 aromatic heterocycles. The number of aromatic nitrogens is 1. The zero-order valence-electron chi connectivity index (χ0n) is 11.7. The van der Waals surface area contributed by atoms with E-state index in [9.17, 15) is 4.39 Å². The summed E-state index contributed by atoms with van der Waals surface area (Å²) in [6.07, 6.45) is 0. The fraction of sp³-hybridized carbons (Fsp3) is 0.0526. The second-order valence-corrected chi connectivity index (χ2v) is 5.28. The largest absolute Gasteiger partial charge is 0.306 e. The van der Waals surface area contributed by atoms with Gasteiger partial charge in [-0.05, 0) is 30.7 Å². The first-order chi connectivity index (χ1) is 10.3. The van der Waals surface area contributed by atoms with Gasteiger partial charge in [0.15, 0.2) is 0 Å². The van der Waals surface area contributed by atoms with E-state index < -0.39 is 0 Å². The van der Waals surface area contributed by atoms with Crippen LogP contribution in [0.3, 0.4) is 0 Å². The Morgan fingerprint density at radius 3 is 2.33 bits per heavy atom. The molecule has 0 unspecified atom stereocenters. The van der Waals surface area contributed by atoms with Gasteiger partial charge in [0.05, 0.1) is 11.0 Å². The predicted octanol–water partition coefficient (Wildman–Crippen LogP) is 5.23. The molecule has 21 heavy (non-hydrogen) atoms. The molecule has 0 aliphatic carbocycles. The molecule has 0 saturated carbocycles. The Bertz CT molecular complexity index is 966. The number of para-hydroxylation sites is 3. The van der Waals surface area contributed by atoms with Crippen molar-refractivity contribution in [2.75, 3.05) is 0 Å². The van der Waals surface area contributed by atoms with E-state index in [-0.39, 0.29) is 5.82 Å². The first kappa shape index (κ1) is 12.2. The van der Waals surface area contributed by atoms with Crippen LogP contribution in [0.15, 0.2) is 66.7 Å². The number of halogens is 1. The Kier molecular flexibility index (Phi) is 2.58. The maximum atomic E-state index is 14.5. The third-order valence-electron chi connectivity index (χ3n) is 4.00. The van der Waals surface area contributed by atoms with Crippen molar-refractivity contribution >= 4 is 21.8 Å². The van der Waals surface area contributed by atoms with E-state index in [1.807, 2.05) is 53.1 Å². The number of nitrogens with zero attached hydrogens (tertiary/aromatic N) is 1. The van der Waals surface area contributed by atoms with Crippen LogP contribution in [0.1, 0.15) is 5.56 Å². The maximum absolute atomic E-state index is 14.5. The molecular formula is C19H14FN. The molecule has 0 radical (unpaired) electrons. The molecule has 4 rings (SSSR count). The van der Waals surface area contributed by atoms with Crippen molar-refractivity contribution in [3.63, 3.8) is 0 Å². The summed E-state index contributed by atoms with van der Waals surface area (Å²) in [5.74, 6) is -0.188. The molecule has 0 bridgehead atoms. The normalized spacial score (nSPS) is 11.3. The van der Waals surface area contributed by atoms with Gasteiger partial charge in [-0.25, -0.2) is 4.39 Å². The highest BCUT2D eigenvalue weighted by atomic mass is 19.1. The molecule has 0 amide bonds. The SMILES string of the molecule is Cc1ccccc1-n1c2ccccc2c2cccc(F)c21. The van der Waals surface area contributed by atoms with Gasteiger partial charge in [0.1, 0.15) is 5.82 Å². The smallest absolute Gasteiger partial charge is 0.147 e. The van der Waals surface area contributed by atoms with Gasteiger partial charge in [0.2, 0.25) is 0 Å². The average molecular weight is 275 g/mol. The Morgan fingerprint density at radius 1 is 0.762 bits per heavy atom. The van der Waals surface area contributed by atoms with Gasteiger partial charge in [-0.1, -0.05) is 48.5 Å². The summed E-state index contributed by atoms with van der Waals surface area (Å²) in [5, 5.41) is 2.03. The van der Waals surface area contributed by atoms with Crippen LogP contribution in [-0.4, -0.2) is 4.57 Å². The third-order valence-corrected chi connectivity index (χ3v) is 4.00. The lowest BCUT2D eigenvalue weighted by Gasteiger charge is -2.11. The van der Waals surface area contributed by atoms with Gasteiger partial charge < -0.3 is 4.57 Å². The summed E-state index contributed by atoms with van der Waals surface area (Å²) in [6.45, 7) is 2.05. The minimum atomic E-state index is -0.188. The molecule has 2 heteroatoms. The highest BCUT2D eigenvalue weighted by molar-refractivity contribution is 6.09. The minimum absolute atomic E-state index is 0.188. The summed E-state index contributed by atoms with van der Waals surface area (Å²) in [7, 11) is 0. The quantitative estimate of drug-likeness (QED) is 0.448. The van der Waals surface area contributed by atoms with Crippen molar-refractivity contribution in [3.05, 3.63) is 78.1 Å². The van der Waals surface area contributed by atoms with Crippen molar-refractivity contribution in [3.8, 4) is 5.69 Å². The number of fused-ring (bicyclic) bond motifs is 3. The molecule has 1 nitrogen and oxygen atoms in total. The zero-order chi connectivity index (χ0) is 14.4. The van der Waals surface area contributed by atoms with Crippen LogP contribution in [0, 0.1) is 12.7 Å². The number of aryl methyl sites for hydroxylation is 1. The highest BCUT2D eigenvalue weighted by Crippen LogP contribution is 2.33. The number of hydrogen-bond acceptors (Lipinski definition) is 0. The van der Waals surface area contributed by atoms with E-state index in [0.29, 0.717) is 5.52 Å². The highest BCUT2D eigenvalue weighted by Gasteiger charge is 2.15. The van der Waals surface area contributed by atoms with Crippen LogP contribution in [0.5, 0.6) is 0 Å². The van der Waals surface area contributed by atoms with Crippen molar-refractivity contribution in [1.29, 1.82) is 0 Å². The second kappa shape index (κ2) is 4.45. The van der Waals surface area contributed by atoms with E-state index >= 15 is 0 Å². The molecule has 0 fully saturated rings. The van der Waals surface area contributed by atoms with E-state index in [1.54, 1.807) is 6.07 Å². The number of benzene rings is 3. The first-order valence-electron chi connectivity index (χ1n) is 7.01. The summed E-state index contributed by atoms with van der Waals surface area (Å²) in [4.78, 5) is 0.